The first-order valence-corrected chi connectivity index (χ1v) is 5.10. The Labute approximate surface area is 93.3 Å². The molecule has 0 aliphatic heterocycles. The standard InChI is InChI=1S/C12H13FN2O/c1-8-5-6-11(16-8)9(2)15-12-10(13)4-3-7-14-12/h3-7,9H,1-2H3,(H,14,15). The second-order valence-electron chi connectivity index (χ2n) is 3.65. The summed E-state index contributed by atoms with van der Waals surface area (Å²) >= 11 is 0. The lowest BCUT2D eigenvalue weighted by Crippen LogP contribution is -2.08. The van der Waals surface area contributed by atoms with Gasteiger partial charge in [-0.2, -0.15) is 0 Å². The molecule has 0 saturated carbocycles. The van der Waals surface area contributed by atoms with Crippen LogP contribution in [0.25, 0.3) is 0 Å². The van der Waals surface area contributed by atoms with Crippen molar-refractivity contribution in [2.24, 2.45) is 0 Å². The van der Waals surface area contributed by atoms with Gasteiger partial charge in [-0.15, -0.1) is 0 Å². The van der Waals surface area contributed by atoms with E-state index in [0.717, 1.165) is 11.5 Å². The number of furan rings is 1. The molecule has 0 saturated heterocycles. The zero-order valence-electron chi connectivity index (χ0n) is 9.20. The minimum Gasteiger partial charge on any atom is -0.464 e. The van der Waals surface area contributed by atoms with Crippen molar-refractivity contribution in [1.82, 2.24) is 4.98 Å². The third-order valence-corrected chi connectivity index (χ3v) is 2.30. The Kier molecular flexibility index (Phi) is 2.90. The summed E-state index contributed by atoms with van der Waals surface area (Å²) in [4.78, 5) is 3.92. The minimum atomic E-state index is -0.363. The van der Waals surface area contributed by atoms with Crippen molar-refractivity contribution in [3.63, 3.8) is 0 Å². The molecule has 0 spiro atoms. The molecular weight excluding hydrogens is 207 g/mol. The van der Waals surface area contributed by atoms with E-state index >= 15 is 0 Å². The minimum absolute atomic E-state index is 0.113. The van der Waals surface area contributed by atoms with Crippen molar-refractivity contribution in [3.05, 3.63) is 47.8 Å². The predicted octanol–water partition coefficient (Wildman–Crippen LogP) is 3.30. The molecule has 0 bridgehead atoms. The molecule has 2 aromatic heterocycles. The lowest BCUT2D eigenvalue weighted by molar-refractivity contribution is 0.465. The van der Waals surface area contributed by atoms with Crippen molar-refractivity contribution >= 4 is 5.82 Å². The number of aromatic nitrogens is 1. The highest BCUT2D eigenvalue weighted by molar-refractivity contribution is 5.37. The van der Waals surface area contributed by atoms with Crippen LogP contribution < -0.4 is 5.32 Å². The van der Waals surface area contributed by atoms with Crippen LogP contribution in [0.2, 0.25) is 0 Å². The van der Waals surface area contributed by atoms with Crippen LogP contribution in [0.15, 0.2) is 34.9 Å². The van der Waals surface area contributed by atoms with Crippen LogP contribution in [0, 0.1) is 12.7 Å². The number of hydrogen-bond acceptors (Lipinski definition) is 3. The van der Waals surface area contributed by atoms with Crippen LogP contribution in [0.5, 0.6) is 0 Å². The summed E-state index contributed by atoms with van der Waals surface area (Å²) in [5.74, 6) is 1.48. The zero-order valence-corrected chi connectivity index (χ0v) is 9.20. The maximum absolute atomic E-state index is 13.3. The van der Waals surface area contributed by atoms with Gasteiger partial charge in [0.2, 0.25) is 0 Å². The van der Waals surface area contributed by atoms with Gasteiger partial charge in [0.05, 0.1) is 6.04 Å². The van der Waals surface area contributed by atoms with Gasteiger partial charge in [0.15, 0.2) is 11.6 Å². The molecule has 2 heterocycles. The topological polar surface area (TPSA) is 38.1 Å². The molecule has 3 nitrogen and oxygen atoms in total. The highest BCUT2D eigenvalue weighted by Gasteiger charge is 2.11. The van der Waals surface area contributed by atoms with Crippen LogP contribution in [0.1, 0.15) is 24.5 Å². The monoisotopic (exact) mass is 220 g/mol. The molecule has 0 aromatic carbocycles. The van der Waals surface area contributed by atoms with E-state index in [1.165, 1.54) is 6.07 Å². The number of rotatable bonds is 3. The number of aryl methyl sites for hydroxylation is 1. The van der Waals surface area contributed by atoms with Crippen molar-refractivity contribution in [1.29, 1.82) is 0 Å². The average Bonchev–Trinajstić information content (AvgIpc) is 2.68. The summed E-state index contributed by atoms with van der Waals surface area (Å²) in [6.45, 7) is 3.77. The summed E-state index contributed by atoms with van der Waals surface area (Å²) in [7, 11) is 0. The zero-order chi connectivity index (χ0) is 11.5. The third-order valence-electron chi connectivity index (χ3n) is 2.30. The highest BCUT2D eigenvalue weighted by atomic mass is 19.1. The van der Waals surface area contributed by atoms with Crippen molar-refractivity contribution < 1.29 is 8.81 Å². The van der Waals surface area contributed by atoms with Crippen LogP contribution >= 0.6 is 0 Å². The molecule has 4 heteroatoms. The van der Waals surface area contributed by atoms with Gasteiger partial charge in [0.25, 0.3) is 0 Å². The first kappa shape index (κ1) is 10.7. The molecule has 0 radical (unpaired) electrons. The smallest absolute Gasteiger partial charge is 0.165 e. The van der Waals surface area contributed by atoms with E-state index in [2.05, 4.69) is 10.3 Å². The fraction of sp³-hybridized carbons (Fsp3) is 0.250. The predicted molar refractivity (Wildman–Crippen MR) is 59.7 cm³/mol. The maximum Gasteiger partial charge on any atom is 0.165 e. The van der Waals surface area contributed by atoms with E-state index in [0.29, 0.717) is 0 Å². The summed E-state index contributed by atoms with van der Waals surface area (Å²) < 4.78 is 18.8. The molecule has 1 N–H and O–H groups in total. The van der Waals surface area contributed by atoms with Crippen molar-refractivity contribution in [3.8, 4) is 0 Å². The quantitative estimate of drug-likeness (QED) is 0.862. The lowest BCUT2D eigenvalue weighted by atomic mass is 10.2. The van der Waals surface area contributed by atoms with E-state index in [1.807, 2.05) is 26.0 Å². The Morgan fingerprint density at radius 1 is 1.38 bits per heavy atom. The molecule has 1 atom stereocenters. The molecule has 1 unspecified atom stereocenters. The highest BCUT2D eigenvalue weighted by Crippen LogP contribution is 2.21. The molecular formula is C12H13FN2O. The summed E-state index contributed by atoms with van der Waals surface area (Å²) in [6.07, 6.45) is 1.55. The van der Waals surface area contributed by atoms with Gasteiger partial charge >= 0.3 is 0 Å². The molecule has 0 fully saturated rings. The summed E-state index contributed by atoms with van der Waals surface area (Å²) in [5, 5.41) is 2.96. The first-order chi connectivity index (χ1) is 7.66. The molecule has 84 valence electrons. The van der Waals surface area contributed by atoms with Crippen LogP contribution in [0.4, 0.5) is 10.2 Å². The number of halogens is 1. The van der Waals surface area contributed by atoms with Crippen LogP contribution in [-0.4, -0.2) is 4.98 Å². The normalized spacial score (nSPS) is 12.4. The Morgan fingerprint density at radius 3 is 2.81 bits per heavy atom. The number of pyridine rings is 1. The fourth-order valence-corrected chi connectivity index (χ4v) is 1.45. The SMILES string of the molecule is Cc1ccc(C(C)Nc2ncccc2F)o1. The Hall–Kier alpha value is -1.84. The van der Waals surface area contributed by atoms with Crippen LogP contribution in [-0.2, 0) is 0 Å². The average molecular weight is 220 g/mol. The van der Waals surface area contributed by atoms with Gasteiger partial charge in [-0.25, -0.2) is 9.37 Å². The second kappa shape index (κ2) is 4.35. The van der Waals surface area contributed by atoms with E-state index in [1.54, 1.807) is 12.3 Å². The number of nitrogens with zero attached hydrogens (tertiary/aromatic N) is 1. The first-order valence-electron chi connectivity index (χ1n) is 5.10. The van der Waals surface area contributed by atoms with Crippen LogP contribution in [0.3, 0.4) is 0 Å². The Bertz CT molecular complexity index is 481. The van der Waals surface area contributed by atoms with E-state index in [4.69, 9.17) is 4.42 Å². The fourth-order valence-electron chi connectivity index (χ4n) is 1.45. The molecule has 2 aromatic rings. The van der Waals surface area contributed by atoms with Gasteiger partial charge in [-0.05, 0) is 38.1 Å². The molecule has 0 amide bonds. The Balaban J connectivity index is 2.13. The molecule has 2 rings (SSSR count). The van der Waals surface area contributed by atoms with Gasteiger partial charge in [0, 0.05) is 6.20 Å². The molecule has 0 aliphatic carbocycles. The van der Waals surface area contributed by atoms with Crippen molar-refractivity contribution in [2.45, 2.75) is 19.9 Å². The van der Waals surface area contributed by atoms with Gasteiger partial charge in [0.1, 0.15) is 11.5 Å². The summed E-state index contributed by atoms with van der Waals surface area (Å²) in [6, 6.07) is 6.56. The van der Waals surface area contributed by atoms with E-state index < -0.39 is 0 Å². The van der Waals surface area contributed by atoms with Crippen molar-refractivity contribution in [2.75, 3.05) is 5.32 Å². The van der Waals surface area contributed by atoms with Gasteiger partial charge in [-0.1, -0.05) is 0 Å². The van der Waals surface area contributed by atoms with Gasteiger partial charge < -0.3 is 9.73 Å². The van der Waals surface area contributed by atoms with E-state index in [-0.39, 0.29) is 17.7 Å². The third kappa shape index (κ3) is 2.21. The van der Waals surface area contributed by atoms with Gasteiger partial charge in [-0.3, -0.25) is 0 Å². The lowest BCUT2D eigenvalue weighted by Gasteiger charge is -2.12. The largest absolute Gasteiger partial charge is 0.464 e. The number of hydrogen-bond donors (Lipinski definition) is 1. The molecule has 16 heavy (non-hydrogen) atoms. The number of nitrogens with one attached hydrogen (secondary N) is 1. The summed E-state index contributed by atoms with van der Waals surface area (Å²) in [5.41, 5.74) is 0. The maximum atomic E-state index is 13.3. The number of anilines is 1. The Morgan fingerprint density at radius 2 is 2.19 bits per heavy atom. The second-order valence-corrected chi connectivity index (χ2v) is 3.65. The van der Waals surface area contributed by atoms with E-state index in [9.17, 15) is 4.39 Å². The molecule has 0 aliphatic rings.